The molecule has 1 heterocycles. The molecule has 0 fully saturated rings. The average Bonchev–Trinajstić information content (AvgIpc) is 2.54. The van der Waals surface area contributed by atoms with Gasteiger partial charge in [-0.2, -0.15) is 0 Å². The lowest BCUT2D eigenvalue weighted by molar-refractivity contribution is -0.389. The van der Waals surface area contributed by atoms with Crippen molar-refractivity contribution in [3.05, 3.63) is 52.7 Å². The normalized spacial score (nSPS) is 11.5. The third kappa shape index (κ3) is 4.08. The summed E-state index contributed by atoms with van der Waals surface area (Å²) in [7, 11) is 1.59. The fourth-order valence-electron chi connectivity index (χ4n) is 1.83. The predicted molar refractivity (Wildman–Crippen MR) is 82.5 cm³/mol. The number of para-hydroxylation sites is 2. The van der Waals surface area contributed by atoms with E-state index in [0.29, 0.717) is 23.7 Å². The van der Waals surface area contributed by atoms with E-state index in [9.17, 15) is 10.1 Å². The second-order valence-electron chi connectivity index (χ2n) is 4.62. The number of methoxy groups -OCH3 is 1. The van der Waals surface area contributed by atoms with Crippen molar-refractivity contribution < 1.29 is 14.4 Å². The van der Waals surface area contributed by atoms with Crippen LogP contribution in [0.15, 0.2) is 42.6 Å². The Hall–Kier alpha value is -2.83. The highest BCUT2D eigenvalue weighted by molar-refractivity contribution is 5.43. The van der Waals surface area contributed by atoms with Crippen molar-refractivity contribution in [1.82, 2.24) is 4.98 Å². The van der Waals surface area contributed by atoms with Crippen LogP contribution < -0.4 is 14.8 Å². The lowest BCUT2D eigenvalue weighted by Gasteiger charge is -2.17. The van der Waals surface area contributed by atoms with Crippen LogP contribution >= 0.6 is 0 Å². The van der Waals surface area contributed by atoms with Crippen molar-refractivity contribution in [2.45, 2.75) is 13.0 Å². The highest BCUT2D eigenvalue weighted by atomic mass is 16.6. The van der Waals surface area contributed by atoms with Crippen LogP contribution in [0.25, 0.3) is 0 Å². The molecule has 0 spiro atoms. The van der Waals surface area contributed by atoms with Gasteiger partial charge in [0.15, 0.2) is 17.7 Å². The van der Waals surface area contributed by atoms with E-state index in [-0.39, 0.29) is 11.9 Å². The van der Waals surface area contributed by atoms with E-state index in [2.05, 4.69) is 10.3 Å². The van der Waals surface area contributed by atoms with Gasteiger partial charge in [0.25, 0.3) is 0 Å². The molecule has 1 atom stereocenters. The number of hydrogen-bond donors (Lipinski definition) is 1. The average molecular weight is 303 g/mol. The molecule has 2 aromatic rings. The predicted octanol–water partition coefficient (Wildman–Crippen LogP) is 2.88. The minimum absolute atomic E-state index is 0.119. The Kier molecular flexibility index (Phi) is 5.13. The first-order chi connectivity index (χ1) is 10.6. The molecule has 7 nitrogen and oxygen atoms in total. The van der Waals surface area contributed by atoms with Crippen LogP contribution in [0.2, 0.25) is 0 Å². The highest BCUT2D eigenvalue weighted by Crippen LogP contribution is 2.26. The number of benzene rings is 1. The molecule has 0 radical (unpaired) electrons. The Morgan fingerprint density at radius 2 is 2.00 bits per heavy atom. The van der Waals surface area contributed by atoms with Crippen LogP contribution in [0.3, 0.4) is 0 Å². The topological polar surface area (TPSA) is 86.5 Å². The minimum Gasteiger partial charge on any atom is -0.493 e. The van der Waals surface area contributed by atoms with Crippen LogP contribution in [0.4, 0.5) is 11.5 Å². The fourth-order valence-corrected chi connectivity index (χ4v) is 1.83. The van der Waals surface area contributed by atoms with Crippen LogP contribution in [0.5, 0.6) is 11.5 Å². The van der Waals surface area contributed by atoms with Crippen LogP contribution in [0, 0.1) is 10.1 Å². The van der Waals surface area contributed by atoms with Crippen LogP contribution in [-0.4, -0.2) is 29.7 Å². The van der Waals surface area contributed by atoms with E-state index >= 15 is 0 Å². The third-order valence-electron chi connectivity index (χ3n) is 2.93. The monoisotopic (exact) mass is 303 g/mol. The first kappa shape index (κ1) is 15.6. The zero-order valence-electron chi connectivity index (χ0n) is 12.4. The fraction of sp³-hybridized carbons (Fsp3) is 0.267. The number of anilines is 1. The largest absolute Gasteiger partial charge is 0.493 e. The van der Waals surface area contributed by atoms with Crippen LogP contribution in [-0.2, 0) is 0 Å². The first-order valence-electron chi connectivity index (χ1n) is 6.74. The molecule has 1 aromatic heterocycles. The van der Waals surface area contributed by atoms with E-state index in [1.165, 1.54) is 12.3 Å². The standard InChI is InChI=1S/C15H17N3O4/c1-11(22-14-6-4-3-5-13(14)21-2)9-16-12-7-8-15(17-10-12)18(19)20/h3-8,10-11,16H,9H2,1-2H3/t11-/m0/s1. The number of ether oxygens (including phenoxy) is 2. The quantitative estimate of drug-likeness (QED) is 0.625. The Bertz CT molecular complexity index is 631. The number of nitrogens with zero attached hydrogens (tertiary/aromatic N) is 2. The number of hydrogen-bond acceptors (Lipinski definition) is 6. The molecule has 116 valence electrons. The number of aromatic nitrogens is 1. The van der Waals surface area contributed by atoms with Gasteiger partial charge in [-0.3, -0.25) is 0 Å². The van der Waals surface area contributed by atoms with Gasteiger partial charge in [0.05, 0.1) is 19.3 Å². The number of rotatable bonds is 7. The summed E-state index contributed by atoms with van der Waals surface area (Å²) in [4.78, 5) is 13.7. The van der Waals surface area contributed by atoms with E-state index in [4.69, 9.17) is 9.47 Å². The van der Waals surface area contributed by atoms with E-state index in [1.807, 2.05) is 31.2 Å². The Balaban J connectivity index is 1.89. The maximum Gasteiger partial charge on any atom is 0.363 e. The molecule has 0 aliphatic rings. The van der Waals surface area contributed by atoms with Gasteiger partial charge < -0.3 is 24.9 Å². The number of pyridine rings is 1. The van der Waals surface area contributed by atoms with Gasteiger partial charge in [0.1, 0.15) is 6.10 Å². The molecule has 0 aliphatic carbocycles. The summed E-state index contributed by atoms with van der Waals surface area (Å²) in [5.74, 6) is 1.16. The second-order valence-corrected chi connectivity index (χ2v) is 4.62. The van der Waals surface area contributed by atoms with Crippen molar-refractivity contribution in [3.63, 3.8) is 0 Å². The molecule has 0 aliphatic heterocycles. The lowest BCUT2D eigenvalue weighted by atomic mass is 10.3. The molecule has 1 N–H and O–H groups in total. The number of nitro groups is 1. The molecule has 22 heavy (non-hydrogen) atoms. The summed E-state index contributed by atoms with van der Waals surface area (Å²) in [5.41, 5.74) is 0.695. The van der Waals surface area contributed by atoms with Gasteiger partial charge in [0, 0.05) is 6.07 Å². The molecule has 0 saturated heterocycles. The van der Waals surface area contributed by atoms with E-state index < -0.39 is 4.92 Å². The summed E-state index contributed by atoms with van der Waals surface area (Å²) < 4.78 is 11.0. The zero-order valence-corrected chi connectivity index (χ0v) is 12.4. The second kappa shape index (κ2) is 7.26. The zero-order chi connectivity index (χ0) is 15.9. The molecule has 0 unspecified atom stereocenters. The molecule has 0 saturated carbocycles. The van der Waals surface area contributed by atoms with Gasteiger partial charge in [-0.15, -0.1) is 0 Å². The Morgan fingerprint density at radius 1 is 1.27 bits per heavy atom. The molecular weight excluding hydrogens is 286 g/mol. The molecular formula is C15H17N3O4. The molecule has 0 amide bonds. The number of nitrogens with one attached hydrogen (secondary N) is 1. The SMILES string of the molecule is COc1ccccc1O[C@@H](C)CNc1ccc([N+](=O)[O-])nc1. The maximum atomic E-state index is 10.5. The molecule has 0 bridgehead atoms. The lowest BCUT2D eigenvalue weighted by Crippen LogP contribution is -2.23. The van der Waals surface area contributed by atoms with Gasteiger partial charge >= 0.3 is 5.82 Å². The van der Waals surface area contributed by atoms with E-state index in [1.54, 1.807) is 13.2 Å². The van der Waals surface area contributed by atoms with Crippen molar-refractivity contribution in [3.8, 4) is 11.5 Å². The summed E-state index contributed by atoms with van der Waals surface area (Å²) in [5, 5.41) is 13.7. The van der Waals surface area contributed by atoms with Gasteiger partial charge in [-0.1, -0.05) is 12.1 Å². The summed E-state index contributed by atoms with van der Waals surface area (Å²) in [6.45, 7) is 2.44. The first-order valence-corrected chi connectivity index (χ1v) is 6.74. The smallest absolute Gasteiger partial charge is 0.363 e. The van der Waals surface area contributed by atoms with Gasteiger partial charge in [-0.05, 0) is 35.0 Å². The van der Waals surface area contributed by atoms with Crippen molar-refractivity contribution >= 4 is 11.5 Å². The molecule has 1 aromatic carbocycles. The van der Waals surface area contributed by atoms with Gasteiger partial charge in [-0.25, -0.2) is 0 Å². The van der Waals surface area contributed by atoms with Crippen molar-refractivity contribution in [1.29, 1.82) is 0 Å². The van der Waals surface area contributed by atoms with Crippen molar-refractivity contribution in [2.24, 2.45) is 0 Å². The summed E-state index contributed by atoms with van der Waals surface area (Å²) >= 11 is 0. The third-order valence-corrected chi connectivity index (χ3v) is 2.93. The highest BCUT2D eigenvalue weighted by Gasteiger charge is 2.10. The Morgan fingerprint density at radius 3 is 2.59 bits per heavy atom. The van der Waals surface area contributed by atoms with Crippen LogP contribution in [0.1, 0.15) is 6.92 Å². The summed E-state index contributed by atoms with van der Waals surface area (Å²) in [6, 6.07) is 10.4. The molecule has 2 rings (SSSR count). The summed E-state index contributed by atoms with van der Waals surface area (Å²) in [6.07, 6.45) is 1.31. The maximum absolute atomic E-state index is 10.5. The van der Waals surface area contributed by atoms with E-state index in [0.717, 1.165) is 0 Å². The molecule has 7 heteroatoms. The Labute approximate surface area is 128 Å². The van der Waals surface area contributed by atoms with Crippen molar-refractivity contribution in [2.75, 3.05) is 19.0 Å². The van der Waals surface area contributed by atoms with Gasteiger partial charge in [0.2, 0.25) is 0 Å². The minimum atomic E-state index is -0.531.